The van der Waals surface area contributed by atoms with Crippen molar-refractivity contribution >= 4 is 96.5 Å². The van der Waals surface area contributed by atoms with Crippen LogP contribution in [0.25, 0.3) is 0 Å². The van der Waals surface area contributed by atoms with Crippen LogP contribution in [0.2, 0.25) is 0 Å². The Hall–Kier alpha value is -6.81. The maximum atomic E-state index is 12.2. The van der Waals surface area contributed by atoms with Crippen molar-refractivity contribution in [1.82, 2.24) is 30.7 Å². The van der Waals surface area contributed by atoms with E-state index in [9.17, 15) is 19.8 Å². The number of carbonyl (C=O) groups is 2. The Labute approximate surface area is 740 Å². The number of carbonyl (C=O) groups excluding carboxylic acids is 2. The van der Waals surface area contributed by atoms with Crippen LogP contribution >= 0.6 is 76.0 Å². The van der Waals surface area contributed by atoms with Gasteiger partial charge in [0.1, 0.15) is 72.4 Å². The molecule has 1 aliphatic heterocycles. The normalized spacial score (nSPS) is 11.1. The molecule has 0 saturated carbocycles. The number of ether oxygens (including phenoxy) is 6. The Morgan fingerprint density at radius 1 is 0.589 bits per heavy atom. The van der Waals surface area contributed by atoms with Crippen LogP contribution in [0.5, 0.6) is 29.4 Å². The SMILES string of the molecule is BrBr.C=C[C@@H](O)c1onc(OCc2ccccc2)c1Br.CO.C[C@H](C([O-])c1ccccc1)N1CCOCC1.NF.O=C(CO)c1cc(OCc2ccccc2)no1.O=Cc1onc(OCc2ccccc2)c1Br.OCc1cc(OCc2ccccc2)no1.OCc1onc(OCc2ccccc2)c1Br.[B].[CH-]=C.[CH-]=C.[H-].[Li+].[Na+].[Zn+2]. The molecule has 1 aliphatic rings. The number of aldehydes is 1. The fourth-order valence-electron chi connectivity index (χ4n) is 8.29. The van der Waals surface area contributed by atoms with Crippen molar-refractivity contribution in [2.24, 2.45) is 5.96 Å². The van der Waals surface area contributed by atoms with E-state index >= 15 is 0 Å². The third-order valence-corrected chi connectivity index (χ3v) is 15.8. The number of halogens is 6. The standard InChI is InChI=1S/C13H12BrNO3.C13H18NO2.C12H11NO4.C11H10BrNO3.C11H8BrNO3.C11H11NO3.2C2H3.CH4O.B.Br2.FH2N.Li.Na.Zn.H/c1-2-10(16)12-11(14)13(15-18-12)17-8-9-6-4-3-5-7-9;1-11(14-7-9-16-10-8-14)13(15)12-5-3-2-4-6-12;14-7-10(15)11-6-12(13-17-11)16-8-9-4-2-1-3-5-9;2*12-10-9(6-14)16-13-11(10)15-7-8-4-2-1-3-5-8;13-7-10-6-11(12-15-10)14-8-9-4-2-1-3-5-9;3*1-2;;2*1-2;;;;/h2-7,10,16H,1,8H2;2-6,11,13H,7-10H2,1H3;1-6,14H,7-8H2;1-5,14H,6-7H2;1-6H,7H2;1-6,13H,7-8H2;2*1H,2H2;2H,1H3;;;2H2;;;;/q;-1;;;;;2*-1;;;;;2*+1;+2;-1/t10-;11-,13?;;;;;;;;;;;;;;/m11............../s1. The van der Waals surface area contributed by atoms with E-state index in [0.717, 1.165) is 66.8 Å². The van der Waals surface area contributed by atoms with Gasteiger partial charge in [0.2, 0.25) is 17.3 Å². The second kappa shape index (κ2) is 68.6. The Morgan fingerprint density at radius 2 is 0.955 bits per heavy atom. The predicted molar refractivity (Wildman–Crippen MR) is 422 cm³/mol. The van der Waals surface area contributed by atoms with Crippen molar-refractivity contribution in [3.8, 4) is 29.4 Å². The molecule has 0 spiro atoms. The van der Waals surface area contributed by atoms with Crippen molar-refractivity contribution in [2.75, 3.05) is 40.0 Å². The summed E-state index contributed by atoms with van der Waals surface area (Å²) in [7, 11) is 1.00. The van der Waals surface area contributed by atoms with Gasteiger partial charge in [-0.05, 0) is 107 Å². The number of nitrogens with zero attached hydrogens (tertiary/aromatic N) is 6. The Balaban J connectivity index is -0.000000611. The Kier molecular flexibility index (Phi) is 66.9. The molecular weight excluding hydrogens is 1840 g/mol. The van der Waals surface area contributed by atoms with Crippen molar-refractivity contribution in [3.05, 3.63) is 309 Å². The summed E-state index contributed by atoms with van der Waals surface area (Å²) in [6.45, 7) is 23.7. The Morgan fingerprint density at radius 3 is 1.32 bits per heavy atom. The molecule has 3 atom stereocenters. The van der Waals surface area contributed by atoms with Gasteiger partial charge in [0, 0.05) is 62.9 Å². The summed E-state index contributed by atoms with van der Waals surface area (Å²) in [5, 5.41) is 73.4. The number of aliphatic hydroxyl groups is 5. The van der Waals surface area contributed by atoms with E-state index in [1.165, 1.54) is 12.1 Å². The van der Waals surface area contributed by atoms with Gasteiger partial charge in [0.25, 0.3) is 29.4 Å². The van der Waals surface area contributed by atoms with Gasteiger partial charge >= 0.3 is 67.9 Å². The van der Waals surface area contributed by atoms with Gasteiger partial charge in [0.05, 0.1) is 19.3 Å². The van der Waals surface area contributed by atoms with Gasteiger partial charge in [-0.15, -0.1) is 11.1 Å². The average Bonchev–Trinajstić information content (AvgIpc) is 1.73. The number of hydrogen-bond donors (Lipinski definition) is 6. The maximum Gasteiger partial charge on any atom is 2.00 e. The van der Waals surface area contributed by atoms with Crippen LogP contribution < -0.4 is 83.2 Å². The van der Waals surface area contributed by atoms with Gasteiger partial charge in [-0.3, -0.25) is 27.6 Å². The van der Waals surface area contributed by atoms with E-state index in [-0.39, 0.29) is 126 Å². The molecule has 3 radical (unpaired) electrons. The number of benzene rings is 6. The monoisotopic (exact) mass is 1920 g/mol. The summed E-state index contributed by atoms with van der Waals surface area (Å²) in [4.78, 5) is 23.8. The largest absolute Gasteiger partial charge is 2.00 e. The van der Waals surface area contributed by atoms with Crippen molar-refractivity contribution in [1.29, 1.82) is 0 Å². The fraction of sp³-hybridized carbons (Fsp3) is 0.224. The van der Waals surface area contributed by atoms with Gasteiger partial charge in [-0.1, -0.05) is 207 Å². The summed E-state index contributed by atoms with van der Waals surface area (Å²) in [5.41, 5.74) is 6.02. The van der Waals surface area contributed by atoms with E-state index in [0.29, 0.717) is 81.9 Å². The molecule has 1 unspecified atom stereocenters. The summed E-state index contributed by atoms with van der Waals surface area (Å²) < 4.78 is 66.9. The first-order chi connectivity index (χ1) is 52.8. The van der Waals surface area contributed by atoms with Gasteiger partial charge in [0.15, 0.2) is 23.6 Å². The van der Waals surface area contributed by atoms with Crippen molar-refractivity contribution in [2.45, 2.75) is 71.4 Å². The number of ketones is 1. The molecule has 1 saturated heterocycles. The van der Waals surface area contributed by atoms with E-state index in [1.54, 1.807) is 6.07 Å². The van der Waals surface area contributed by atoms with Crippen LogP contribution in [0, 0.1) is 13.2 Å². The summed E-state index contributed by atoms with van der Waals surface area (Å²) >= 11 is 15.2. The number of hydrogen-bond acceptors (Lipinski definition) is 26. The molecule has 0 amide bonds. The van der Waals surface area contributed by atoms with Gasteiger partial charge < -0.3 is 96.3 Å². The number of rotatable bonds is 25. The Bertz CT molecular complexity index is 4110. The number of aliphatic hydroxyl groups excluding tert-OH is 5. The topological polar surface area (TPSA) is 373 Å². The van der Waals surface area contributed by atoms with Crippen LogP contribution in [0.1, 0.15) is 92.3 Å². The third kappa shape index (κ3) is 41.5. The number of Topliss-reactive ketones (excluding diaryl/α,β-unsaturated/α-hetero) is 1. The zero-order chi connectivity index (χ0) is 79.7. The number of nitrogens with two attached hydrogens (primary N) is 1. The molecule has 112 heavy (non-hydrogen) atoms. The summed E-state index contributed by atoms with van der Waals surface area (Å²) in [6, 6.07) is 61.0. The van der Waals surface area contributed by atoms with Crippen molar-refractivity contribution < 1.29 is 165 Å². The number of aromatic nitrogens is 5. The zero-order valence-electron chi connectivity index (χ0n) is 62.9. The first kappa shape index (κ1) is 109. The third-order valence-electron chi connectivity index (χ3n) is 13.6. The van der Waals surface area contributed by atoms with Crippen LogP contribution in [-0.2, 0) is 70.5 Å². The smallest absolute Gasteiger partial charge is 1.00 e. The minimum absolute atomic E-state index is 0. The van der Waals surface area contributed by atoms with E-state index in [1.807, 2.05) is 189 Å². The molecule has 6 aromatic carbocycles. The molecule has 0 aliphatic carbocycles. The second-order valence-electron chi connectivity index (χ2n) is 20.5. The molecule has 1 fully saturated rings. The molecule has 11 aromatic rings. The maximum absolute atomic E-state index is 12.2. The summed E-state index contributed by atoms with van der Waals surface area (Å²) in [6.07, 6.45) is 0.360. The summed E-state index contributed by atoms with van der Waals surface area (Å²) in [5.74, 6) is 5.22. The van der Waals surface area contributed by atoms with E-state index < -0.39 is 24.6 Å². The molecule has 585 valence electrons. The van der Waals surface area contributed by atoms with E-state index in [2.05, 4.69) is 146 Å². The van der Waals surface area contributed by atoms with Crippen molar-refractivity contribution in [3.63, 3.8) is 0 Å². The quantitative estimate of drug-likeness (QED) is 0.00778. The van der Waals surface area contributed by atoms with Gasteiger partial charge in [-0.2, -0.15) is 5.96 Å². The average molecular weight is 1920 g/mol. The fourth-order valence-corrected chi connectivity index (χ4v) is 9.52. The van der Waals surface area contributed by atoms with Crippen LogP contribution in [0.3, 0.4) is 0 Å². The molecule has 12 rings (SSSR count). The molecule has 0 bridgehead atoms. The first-order valence-electron chi connectivity index (χ1n) is 31.8. The number of morpholine rings is 1. The molecule has 7 N–H and O–H groups in total. The van der Waals surface area contributed by atoms with E-state index in [4.69, 9.17) is 75.9 Å². The van der Waals surface area contributed by atoms with Crippen LogP contribution in [0.4, 0.5) is 4.48 Å². The minimum Gasteiger partial charge on any atom is -1.00 e. The molecule has 6 heterocycles. The first-order valence-corrected chi connectivity index (χ1v) is 37.9. The molecular formula is C76H83BBr5FLiN7NaO19Zn. The predicted octanol–water partition coefficient (Wildman–Crippen LogP) is 8.63. The zero-order valence-corrected chi connectivity index (χ0v) is 74.8. The molecule has 5 aromatic heterocycles. The van der Waals surface area contributed by atoms with Crippen LogP contribution in [0.15, 0.2) is 256 Å². The second-order valence-corrected chi connectivity index (χ2v) is 22.9. The molecule has 36 heteroatoms. The van der Waals surface area contributed by atoms with Gasteiger partial charge in [-0.25, -0.2) is 0 Å². The van der Waals surface area contributed by atoms with Crippen LogP contribution in [-0.4, -0.2) is 123 Å². The molecule has 26 nitrogen and oxygen atoms in total. The minimum atomic E-state index is -0.902.